The van der Waals surface area contributed by atoms with Crippen LogP contribution in [0.25, 0.3) is 0 Å². The van der Waals surface area contributed by atoms with E-state index in [-0.39, 0.29) is 5.41 Å². The van der Waals surface area contributed by atoms with Crippen molar-refractivity contribution in [2.75, 3.05) is 19.6 Å². The molecule has 18 heavy (non-hydrogen) atoms. The first kappa shape index (κ1) is 13.9. The molecule has 0 bridgehead atoms. The van der Waals surface area contributed by atoms with Crippen molar-refractivity contribution in [2.24, 2.45) is 11.3 Å². The normalized spacial score (nSPS) is 27.8. The summed E-state index contributed by atoms with van der Waals surface area (Å²) in [5.41, 5.74) is -0.0226. The summed E-state index contributed by atoms with van der Waals surface area (Å²) in [5.74, 6) is 1.06. The molecule has 1 saturated heterocycles. The van der Waals surface area contributed by atoms with Gasteiger partial charge in [-0.15, -0.1) is 0 Å². The third kappa shape index (κ3) is 2.87. The Balaban J connectivity index is 2.08. The largest absolute Gasteiger partial charge is 0.339 e. The summed E-state index contributed by atoms with van der Waals surface area (Å²) in [6.45, 7) is 9.39. The van der Waals surface area contributed by atoms with E-state index in [4.69, 9.17) is 0 Å². The highest BCUT2D eigenvalue weighted by Gasteiger charge is 2.44. The summed E-state index contributed by atoms with van der Waals surface area (Å²) in [7, 11) is 0. The van der Waals surface area contributed by atoms with Crippen LogP contribution in [0.5, 0.6) is 0 Å². The molecular weight excluding hydrogens is 224 g/mol. The van der Waals surface area contributed by atoms with E-state index in [1.165, 1.54) is 12.8 Å². The van der Waals surface area contributed by atoms with Gasteiger partial charge in [-0.2, -0.15) is 0 Å². The molecule has 2 fully saturated rings. The molecule has 1 aliphatic heterocycles. The maximum Gasteiger partial charge on any atom is 0.228 e. The van der Waals surface area contributed by atoms with E-state index in [0.29, 0.717) is 17.9 Å². The minimum atomic E-state index is -0.0226. The fraction of sp³-hybridized carbons (Fsp3) is 0.933. The van der Waals surface area contributed by atoms with Gasteiger partial charge in [0.15, 0.2) is 0 Å². The van der Waals surface area contributed by atoms with Crippen LogP contribution in [0.15, 0.2) is 0 Å². The molecule has 2 rings (SSSR count). The number of amides is 1. The molecule has 1 saturated carbocycles. The highest BCUT2D eigenvalue weighted by molar-refractivity contribution is 5.83. The van der Waals surface area contributed by atoms with Crippen molar-refractivity contribution < 1.29 is 4.79 Å². The molecule has 0 spiro atoms. The fourth-order valence-electron chi connectivity index (χ4n) is 3.79. The van der Waals surface area contributed by atoms with Gasteiger partial charge in [0, 0.05) is 31.1 Å². The summed E-state index contributed by atoms with van der Waals surface area (Å²) in [5, 5.41) is 3.42. The summed E-state index contributed by atoms with van der Waals surface area (Å²) < 4.78 is 0. The minimum absolute atomic E-state index is 0.0226. The molecule has 0 aromatic carbocycles. The van der Waals surface area contributed by atoms with E-state index >= 15 is 0 Å². The summed E-state index contributed by atoms with van der Waals surface area (Å²) in [6.07, 6.45) is 5.77. The minimum Gasteiger partial charge on any atom is -0.339 e. The van der Waals surface area contributed by atoms with Crippen LogP contribution in [-0.2, 0) is 4.79 Å². The molecule has 104 valence electrons. The number of carbonyl (C=O) groups is 1. The maximum atomic E-state index is 12.9. The highest BCUT2D eigenvalue weighted by atomic mass is 16.2. The smallest absolute Gasteiger partial charge is 0.228 e. The number of piperazine rings is 1. The number of nitrogens with zero attached hydrogens (tertiary/aromatic N) is 1. The monoisotopic (exact) mass is 252 g/mol. The number of hydrogen-bond acceptors (Lipinski definition) is 2. The summed E-state index contributed by atoms with van der Waals surface area (Å²) >= 11 is 0. The summed E-state index contributed by atoms with van der Waals surface area (Å²) in [6, 6.07) is 0.445. The van der Waals surface area contributed by atoms with Crippen molar-refractivity contribution in [3.05, 3.63) is 0 Å². The van der Waals surface area contributed by atoms with Crippen molar-refractivity contribution in [1.29, 1.82) is 0 Å². The van der Waals surface area contributed by atoms with Gasteiger partial charge < -0.3 is 10.2 Å². The van der Waals surface area contributed by atoms with Crippen molar-refractivity contribution >= 4 is 5.91 Å². The fourth-order valence-corrected chi connectivity index (χ4v) is 3.79. The average molecular weight is 252 g/mol. The Labute approximate surface area is 111 Å². The topological polar surface area (TPSA) is 32.3 Å². The Kier molecular flexibility index (Phi) is 4.31. The van der Waals surface area contributed by atoms with Crippen LogP contribution < -0.4 is 5.32 Å². The van der Waals surface area contributed by atoms with E-state index in [1.807, 2.05) is 0 Å². The predicted molar refractivity (Wildman–Crippen MR) is 74.4 cm³/mol. The average Bonchev–Trinajstić information content (AvgIpc) is 2.77. The van der Waals surface area contributed by atoms with Crippen molar-refractivity contribution in [2.45, 2.75) is 58.9 Å². The van der Waals surface area contributed by atoms with Crippen LogP contribution >= 0.6 is 0 Å². The molecule has 1 aliphatic carbocycles. The SMILES string of the molecule is CC(C)CC1(C(=O)N2CCNC(C)C2)CCCC1. The predicted octanol–water partition coefficient (Wildman–Crippen LogP) is 2.41. The van der Waals surface area contributed by atoms with Crippen LogP contribution in [0.3, 0.4) is 0 Å². The van der Waals surface area contributed by atoms with E-state index < -0.39 is 0 Å². The van der Waals surface area contributed by atoms with E-state index in [9.17, 15) is 4.79 Å². The van der Waals surface area contributed by atoms with Gasteiger partial charge in [-0.1, -0.05) is 26.7 Å². The van der Waals surface area contributed by atoms with Crippen LogP contribution in [-0.4, -0.2) is 36.5 Å². The highest BCUT2D eigenvalue weighted by Crippen LogP contribution is 2.44. The van der Waals surface area contributed by atoms with E-state index in [2.05, 4.69) is 31.0 Å². The van der Waals surface area contributed by atoms with Crippen molar-refractivity contribution in [3.63, 3.8) is 0 Å². The molecule has 1 N–H and O–H groups in total. The van der Waals surface area contributed by atoms with Crippen LogP contribution in [0.1, 0.15) is 52.9 Å². The Bertz CT molecular complexity index is 295. The third-order valence-electron chi connectivity index (χ3n) is 4.47. The molecule has 0 aromatic rings. The molecule has 3 heteroatoms. The number of hydrogen-bond donors (Lipinski definition) is 1. The molecule has 1 unspecified atom stereocenters. The van der Waals surface area contributed by atoms with Crippen LogP contribution in [0.2, 0.25) is 0 Å². The zero-order valence-electron chi connectivity index (χ0n) is 12.2. The second-order valence-corrected chi connectivity index (χ2v) is 6.69. The van der Waals surface area contributed by atoms with Crippen molar-refractivity contribution in [3.8, 4) is 0 Å². The van der Waals surface area contributed by atoms with Crippen molar-refractivity contribution in [1.82, 2.24) is 10.2 Å². The summed E-state index contributed by atoms with van der Waals surface area (Å²) in [4.78, 5) is 15.0. The zero-order chi connectivity index (χ0) is 13.2. The van der Waals surface area contributed by atoms with Gasteiger partial charge in [0.2, 0.25) is 5.91 Å². The zero-order valence-corrected chi connectivity index (χ0v) is 12.2. The molecule has 2 aliphatic rings. The molecule has 3 nitrogen and oxygen atoms in total. The number of rotatable bonds is 3. The van der Waals surface area contributed by atoms with Gasteiger partial charge in [-0.3, -0.25) is 4.79 Å². The Morgan fingerprint density at radius 1 is 1.39 bits per heavy atom. The molecular formula is C15H28N2O. The lowest BCUT2D eigenvalue weighted by molar-refractivity contribution is -0.144. The van der Waals surface area contributed by atoms with Crippen LogP contribution in [0.4, 0.5) is 0 Å². The Morgan fingerprint density at radius 3 is 2.61 bits per heavy atom. The molecule has 1 atom stereocenters. The number of carbonyl (C=O) groups excluding carboxylic acids is 1. The lowest BCUT2D eigenvalue weighted by atomic mass is 9.77. The number of nitrogens with one attached hydrogen (secondary N) is 1. The Morgan fingerprint density at radius 2 is 2.06 bits per heavy atom. The first-order valence-corrected chi connectivity index (χ1v) is 7.56. The maximum absolute atomic E-state index is 12.9. The van der Waals surface area contributed by atoms with Crippen LogP contribution in [0, 0.1) is 11.3 Å². The molecule has 1 heterocycles. The van der Waals surface area contributed by atoms with Gasteiger partial charge in [-0.05, 0) is 32.1 Å². The second kappa shape index (κ2) is 5.60. The Hall–Kier alpha value is -0.570. The lowest BCUT2D eigenvalue weighted by Crippen LogP contribution is -2.55. The quantitative estimate of drug-likeness (QED) is 0.836. The first-order valence-electron chi connectivity index (χ1n) is 7.56. The standard InChI is InChI=1S/C15H28N2O/c1-12(2)10-15(6-4-5-7-15)14(18)17-9-8-16-13(3)11-17/h12-13,16H,4-11H2,1-3H3. The molecule has 1 amide bonds. The molecule has 0 aromatic heterocycles. The van der Waals surface area contributed by atoms with E-state index in [0.717, 1.165) is 38.9 Å². The van der Waals surface area contributed by atoms with Gasteiger partial charge in [-0.25, -0.2) is 0 Å². The van der Waals surface area contributed by atoms with Gasteiger partial charge in [0.1, 0.15) is 0 Å². The van der Waals surface area contributed by atoms with E-state index in [1.54, 1.807) is 0 Å². The first-order chi connectivity index (χ1) is 8.53. The molecule has 0 radical (unpaired) electrons. The second-order valence-electron chi connectivity index (χ2n) is 6.69. The van der Waals surface area contributed by atoms with Gasteiger partial charge in [0.25, 0.3) is 0 Å². The van der Waals surface area contributed by atoms with Gasteiger partial charge in [0.05, 0.1) is 0 Å². The van der Waals surface area contributed by atoms with Gasteiger partial charge >= 0.3 is 0 Å². The third-order valence-corrected chi connectivity index (χ3v) is 4.47. The lowest BCUT2D eigenvalue weighted by Gasteiger charge is -2.39.